The van der Waals surface area contributed by atoms with E-state index in [4.69, 9.17) is 0 Å². The van der Waals surface area contributed by atoms with Gasteiger partial charge in [-0.05, 0) is 22.9 Å². The fourth-order valence-corrected chi connectivity index (χ4v) is 4.23. The molecule has 6 rings (SSSR count). The Morgan fingerprint density at radius 1 is 0.690 bits per heavy atom. The smallest absolute Gasteiger partial charge is 0.179 e. The second-order valence-corrected chi connectivity index (χ2v) is 6.95. The Bertz CT molecular complexity index is 1730. The number of rotatable bonds is 0. The first-order valence-electron chi connectivity index (χ1n) is 9.16. The second-order valence-electron chi connectivity index (χ2n) is 6.95. The molecule has 0 saturated carbocycles. The summed E-state index contributed by atoms with van der Waals surface area (Å²) in [5.41, 5.74) is 3.29. The van der Waals surface area contributed by atoms with E-state index < -0.39 is 0 Å². The van der Waals surface area contributed by atoms with Crippen molar-refractivity contribution >= 4 is 49.1 Å². The van der Waals surface area contributed by atoms with Gasteiger partial charge in [0.05, 0.1) is 11.0 Å². The minimum absolute atomic E-state index is 0.0404. The van der Waals surface area contributed by atoms with Crippen LogP contribution in [0.1, 0.15) is 11.4 Å². The molecule has 0 saturated heterocycles. The van der Waals surface area contributed by atoms with Crippen LogP contribution in [0.4, 0.5) is 0 Å². The molecule has 5 heteroatoms. The van der Waals surface area contributed by atoms with Crippen LogP contribution < -0.4 is 0 Å². The topological polar surface area (TPSA) is 77.8 Å². The quantitative estimate of drug-likeness (QED) is 0.350. The molecular formula is C24H11N5. The summed E-state index contributed by atoms with van der Waals surface area (Å²) >= 11 is 0. The predicted octanol–water partition coefficient (Wildman–Crippen LogP) is 5.09. The molecule has 0 atom stereocenters. The lowest BCUT2D eigenvalue weighted by atomic mass is 10.0. The average Bonchev–Trinajstić information content (AvgIpc) is 3.17. The van der Waals surface area contributed by atoms with E-state index in [1.165, 1.54) is 0 Å². The molecule has 3 heterocycles. The van der Waals surface area contributed by atoms with Gasteiger partial charge in [0, 0.05) is 16.2 Å². The minimum Gasteiger partial charge on any atom is -0.292 e. The number of hydrogen-bond acceptors (Lipinski definition) is 4. The van der Waals surface area contributed by atoms with Gasteiger partial charge in [-0.1, -0.05) is 54.6 Å². The maximum atomic E-state index is 9.53. The molecule has 3 aromatic carbocycles. The first-order valence-corrected chi connectivity index (χ1v) is 9.16. The zero-order chi connectivity index (χ0) is 19.5. The van der Waals surface area contributed by atoms with Gasteiger partial charge in [-0.15, -0.1) is 0 Å². The molecule has 0 N–H and O–H groups in total. The molecule has 5 nitrogen and oxygen atoms in total. The van der Waals surface area contributed by atoms with Crippen molar-refractivity contribution in [1.29, 1.82) is 10.5 Å². The minimum atomic E-state index is 0.0404. The second kappa shape index (κ2) is 5.51. The van der Waals surface area contributed by atoms with E-state index in [-0.39, 0.29) is 11.4 Å². The van der Waals surface area contributed by atoms with E-state index in [1.807, 2.05) is 46.9 Å². The van der Waals surface area contributed by atoms with Crippen LogP contribution in [0.3, 0.4) is 0 Å². The summed E-state index contributed by atoms with van der Waals surface area (Å²) in [5, 5.41) is 24.2. The molecule has 132 valence electrons. The Morgan fingerprint density at radius 2 is 1.41 bits per heavy atom. The number of nitriles is 2. The van der Waals surface area contributed by atoms with E-state index in [2.05, 4.69) is 46.4 Å². The number of benzene rings is 3. The summed E-state index contributed by atoms with van der Waals surface area (Å²) in [6, 6.07) is 26.6. The Labute approximate surface area is 164 Å². The summed E-state index contributed by atoms with van der Waals surface area (Å²) < 4.78 is 2.04. The largest absolute Gasteiger partial charge is 0.292 e. The van der Waals surface area contributed by atoms with Gasteiger partial charge >= 0.3 is 0 Å². The van der Waals surface area contributed by atoms with Crippen LogP contribution >= 0.6 is 0 Å². The van der Waals surface area contributed by atoms with E-state index in [0.717, 1.165) is 38.0 Å². The maximum Gasteiger partial charge on any atom is 0.179 e. The molecule has 0 fully saturated rings. The molecular weight excluding hydrogens is 358 g/mol. The molecule has 0 bridgehead atoms. The number of hydrogen-bond donors (Lipinski definition) is 0. The van der Waals surface area contributed by atoms with Gasteiger partial charge in [0.1, 0.15) is 17.7 Å². The summed E-state index contributed by atoms with van der Waals surface area (Å²) in [6.07, 6.45) is 0. The van der Waals surface area contributed by atoms with Gasteiger partial charge in [-0.25, -0.2) is 9.97 Å². The van der Waals surface area contributed by atoms with Crippen molar-refractivity contribution in [3.63, 3.8) is 0 Å². The first kappa shape index (κ1) is 15.6. The first-order chi connectivity index (χ1) is 14.3. The van der Waals surface area contributed by atoms with Gasteiger partial charge in [-0.2, -0.15) is 10.5 Å². The van der Waals surface area contributed by atoms with Gasteiger partial charge < -0.3 is 0 Å². The molecule has 6 aromatic rings. The van der Waals surface area contributed by atoms with Crippen LogP contribution in [0.5, 0.6) is 0 Å². The number of pyridine rings is 1. The van der Waals surface area contributed by atoms with Crippen molar-refractivity contribution in [2.75, 3.05) is 0 Å². The number of aromatic nitrogens is 3. The summed E-state index contributed by atoms with van der Waals surface area (Å²) in [5.74, 6) is 0. The highest BCUT2D eigenvalue weighted by atomic mass is 15.0. The number of nitrogens with zero attached hydrogens (tertiary/aromatic N) is 5. The van der Waals surface area contributed by atoms with Crippen molar-refractivity contribution in [3.05, 3.63) is 78.1 Å². The lowest BCUT2D eigenvalue weighted by Gasteiger charge is -2.11. The summed E-state index contributed by atoms with van der Waals surface area (Å²) in [6.45, 7) is 0. The standard InChI is InChI=1S/C24H11N5/c25-12-18-19(13-26)28-24-23(27-18)22-16-7-3-1-5-14(16)9-10-17(22)21-11-15-6-2-4-8-20(15)29(21)24/h1-11H. The van der Waals surface area contributed by atoms with E-state index in [0.29, 0.717) is 11.2 Å². The fourth-order valence-electron chi connectivity index (χ4n) is 4.23. The molecule has 29 heavy (non-hydrogen) atoms. The van der Waals surface area contributed by atoms with Crippen molar-refractivity contribution in [1.82, 2.24) is 14.4 Å². The molecule has 3 aromatic heterocycles. The molecule has 0 unspecified atom stereocenters. The molecule has 0 aliphatic carbocycles. The number of para-hydroxylation sites is 1. The molecule has 0 spiro atoms. The van der Waals surface area contributed by atoms with Crippen LogP contribution in [0, 0.1) is 22.7 Å². The highest BCUT2D eigenvalue weighted by molar-refractivity contribution is 6.23. The summed E-state index contributed by atoms with van der Waals surface area (Å²) in [7, 11) is 0. The van der Waals surface area contributed by atoms with Gasteiger partial charge in [0.15, 0.2) is 17.0 Å². The third kappa shape index (κ3) is 1.96. The van der Waals surface area contributed by atoms with Crippen molar-refractivity contribution in [2.24, 2.45) is 0 Å². The zero-order valence-electron chi connectivity index (χ0n) is 15.1. The van der Waals surface area contributed by atoms with Crippen molar-refractivity contribution < 1.29 is 0 Å². The third-order valence-electron chi connectivity index (χ3n) is 5.45. The van der Waals surface area contributed by atoms with Gasteiger partial charge in [0.2, 0.25) is 0 Å². The monoisotopic (exact) mass is 369 g/mol. The highest BCUT2D eigenvalue weighted by Gasteiger charge is 2.18. The van der Waals surface area contributed by atoms with Crippen molar-refractivity contribution in [3.8, 4) is 12.1 Å². The van der Waals surface area contributed by atoms with Crippen molar-refractivity contribution in [2.45, 2.75) is 0 Å². The normalized spacial score (nSPS) is 11.4. The Balaban J connectivity index is 2.04. The van der Waals surface area contributed by atoms with E-state index in [9.17, 15) is 10.5 Å². The molecule has 0 amide bonds. The Kier molecular flexibility index (Phi) is 2.96. The van der Waals surface area contributed by atoms with Crippen LogP contribution in [-0.4, -0.2) is 14.4 Å². The van der Waals surface area contributed by atoms with Crippen LogP contribution in [-0.2, 0) is 0 Å². The molecule has 0 aliphatic heterocycles. The molecule has 0 radical (unpaired) electrons. The Hall–Kier alpha value is -4.48. The van der Waals surface area contributed by atoms with Gasteiger partial charge in [0.25, 0.3) is 0 Å². The van der Waals surface area contributed by atoms with E-state index >= 15 is 0 Å². The lowest BCUT2D eigenvalue weighted by molar-refractivity contribution is 1.15. The average molecular weight is 369 g/mol. The SMILES string of the molecule is N#Cc1nc2c3c4ccccc4ccc3c3cc4ccccc4n3c2nc1C#N. The van der Waals surface area contributed by atoms with Crippen LogP contribution in [0.25, 0.3) is 49.1 Å². The van der Waals surface area contributed by atoms with E-state index in [1.54, 1.807) is 0 Å². The fraction of sp³-hybridized carbons (Fsp3) is 0. The van der Waals surface area contributed by atoms with Crippen LogP contribution in [0.2, 0.25) is 0 Å². The molecule has 0 aliphatic rings. The predicted molar refractivity (Wildman–Crippen MR) is 112 cm³/mol. The third-order valence-corrected chi connectivity index (χ3v) is 5.45. The zero-order valence-corrected chi connectivity index (χ0v) is 15.1. The van der Waals surface area contributed by atoms with Gasteiger partial charge in [-0.3, -0.25) is 4.40 Å². The summed E-state index contributed by atoms with van der Waals surface area (Å²) in [4.78, 5) is 9.20. The maximum absolute atomic E-state index is 9.53. The lowest BCUT2D eigenvalue weighted by Crippen LogP contribution is -2.01. The Morgan fingerprint density at radius 3 is 2.24 bits per heavy atom. The number of fused-ring (bicyclic) bond motifs is 10. The highest BCUT2D eigenvalue weighted by Crippen LogP contribution is 2.36. The van der Waals surface area contributed by atoms with Crippen LogP contribution in [0.15, 0.2) is 66.7 Å².